The molecule has 3 rings (SSSR count). The molecule has 1 amide bonds. The summed E-state index contributed by atoms with van der Waals surface area (Å²) in [5.41, 5.74) is 4.50. The third-order valence-corrected chi connectivity index (χ3v) is 4.57. The van der Waals surface area contributed by atoms with Crippen molar-refractivity contribution in [3.8, 4) is 0 Å². The molecule has 1 N–H and O–H groups in total. The first-order valence-electron chi connectivity index (χ1n) is 9.10. The van der Waals surface area contributed by atoms with Gasteiger partial charge >= 0.3 is 0 Å². The van der Waals surface area contributed by atoms with Crippen molar-refractivity contribution in [2.24, 2.45) is 0 Å². The highest BCUT2D eigenvalue weighted by Gasteiger charge is 2.13. The highest BCUT2D eigenvalue weighted by Crippen LogP contribution is 2.21. The second kappa shape index (κ2) is 8.68. The number of aryl methyl sites for hydroxylation is 1. The third kappa shape index (κ3) is 4.96. The summed E-state index contributed by atoms with van der Waals surface area (Å²) in [5.74, 6) is -0.0872. The Morgan fingerprint density at radius 1 is 1.15 bits per heavy atom. The summed E-state index contributed by atoms with van der Waals surface area (Å²) in [7, 11) is 0. The van der Waals surface area contributed by atoms with Gasteiger partial charge in [-0.1, -0.05) is 42.0 Å². The van der Waals surface area contributed by atoms with Gasteiger partial charge in [-0.2, -0.15) is 0 Å². The van der Waals surface area contributed by atoms with Crippen molar-refractivity contribution < 1.29 is 9.53 Å². The summed E-state index contributed by atoms with van der Waals surface area (Å²) in [6.45, 7) is 7.39. The first-order valence-corrected chi connectivity index (χ1v) is 9.10. The van der Waals surface area contributed by atoms with E-state index in [1.54, 1.807) is 6.08 Å². The second-order valence-electron chi connectivity index (χ2n) is 6.67. The molecule has 0 aliphatic carbocycles. The van der Waals surface area contributed by atoms with E-state index in [0.29, 0.717) is 0 Å². The van der Waals surface area contributed by atoms with Crippen molar-refractivity contribution in [2.75, 3.05) is 31.2 Å². The van der Waals surface area contributed by atoms with Gasteiger partial charge in [0, 0.05) is 24.9 Å². The maximum atomic E-state index is 12.2. The molecule has 2 aromatic rings. The lowest BCUT2D eigenvalue weighted by Crippen LogP contribution is -2.36. The van der Waals surface area contributed by atoms with Gasteiger partial charge in [0.2, 0.25) is 5.91 Å². The van der Waals surface area contributed by atoms with E-state index in [2.05, 4.69) is 34.5 Å². The first kappa shape index (κ1) is 18.2. The molecule has 136 valence electrons. The summed E-state index contributed by atoms with van der Waals surface area (Å²) in [6.07, 6.45) is 3.44. The zero-order valence-corrected chi connectivity index (χ0v) is 15.4. The molecule has 1 heterocycles. The summed E-state index contributed by atoms with van der Waals surface area (Å²) in [4.78, 5) is 14.6. The Morgan fingerprint density at radius 2 is 1.92 bits per heavy atom. The molecule has 0 bridgehead atoms. The van der Waals surface area contributed by atoms with Crippen LogP contribution >= 0.6 is 0 Å². The predicted molar refractivity (Wildman–Crippen MR) is 106 cm³/mol. The van der Waals surface area contributed by atoms with Gasteiger partial charge in [0.1, 0.15) is 0 Å². The minimum absolute atomic E-state index is 0.0503. The Kier molecular flexibility index (Phi) is 6.08. The van der Waals surface area contributed by atoms with Crippen molar-refractivity contribution in [2.45, 2.75) is 19.9 Å². The number of rotatable bonds is 5. The van der Waals surface area contributed by atoms with Crippen LogP contribution < -0.4 is 10.2 Å². The number of nitrogens with one attached hydrogen (secondary N) is 1. The zero-order chi connectivity index (χ0) is 18.4. The van der Waals surface area contributed by atoms with Crippen LogP contribution in [0, 0.1) is 6.92 Å². The van der Waals surface area contributed by atoms with E-state index in [9.17, 15) is 4.79 Å². The number of hydrogen-bond donors (Lipinski definition) is 1. The Hall–Kier alpha value is -2.59. The van der Waals surface area contributed by atoms with Gasteiger partial charge in [0.05, 0.1) is 19.3 Å². The molecular weight excluding hydrogens is 324 g/mol. The zero-order valence-electron chi connectivity index (χ0n) is 15.4. The Balaban J connectivity index is 1.62. The van der Waals surface area contributed by atoms with Crippen molar-refractivity contribution in [3.05, 3.63) is 71.3 Å². The predicted octanol–water partition coefficient (Wildman–Crippen LogP) is 3.72. The van der Waals surface area contributed by atoms with E-state index in [4.69, 9.17) is 4.74 Å². The van der Waals surface area contributed by atoms with E-state index in [1.807, 2.05) is 44.2 Å². The molecule has 0 aromatic heterocycles. The molecule has 1 aliphatic rings. The van der Waals surface area contributed by atoms with Crippen LogP contribution in [0.5, 0.6) is 0 Å². The van der Waals surface area contributed by atoms with Gasteiger partial charge in [-0.3, -0.25) is 4.79 Å². The number of hydrogen-bond acceptors (Lipinski definition) is 3. The van der Waals surface area contributed by atoms with Crippen LogP contribution in [-0.4, -0.2) is 32.2 Å². The van der Waals surface area contributed by atoms with E-state index in [1.165, 1.54) is 11.3 Å². The fraction of sp³-hybridized carbons (Fsp3) is 0.318. The molecular formula is C22H26N2O2. The normalized spacial score (nSPS) is 15.8. The fourth-order valence-corrected chi connectivity index (χ4v) is 3.10. The van der Waals surface area contributed by atoms with Crippen LogP contribution in [0.15, 0.2) is 54.6 Å². The maximum Gasteiger partial charge on any atom is 0.244 e. The molecule has 0 unspecified atom stereocenters. The highest BCUT2D eigenvalue weighted by molar-refractivity contribution is 5.92. The van der Waals surface area contributed by atoms with Crippen LogP contribution in [0.25, 0.3) is 6.08 Å². The van der Waals surface area contributed by atoms with Crippen LogP contribution in [0.2, 0.25) is 0 Å². The SMILES string of the molecule is Cc1cccc(C=CC(=O)N[C@@H](C)c2cccc(N3CCOCC3)c2)c1. The molecule has 1 atom stereocenters. The molecule has 0 spiro atoms. The number of carbonyl (C=O) groups is 1. The van der Waals surface area contributed by atoms with Crippen molar-refractivity contribution in [1.29, 1.82) is 0 Å². The van der Waals surface area contributed by atoms with E-state index < -0.39 is 0 Å². The number of carbonyl (C=O) groups excluding carboxylic acids is 1. The average molecular weight is 350 g/mol. The molecule has 4 heteroatoms. The Bertz CT molecular complexity index is 779. The third-order valence-electron chi connectivity index (χ3n) is 4.57. The van der Waals surface area contributed by atoms with Gasteiger partial charge < -0.3 is 15.0 Å². The summed E-state index contributed by atoms with van der Waals surface area (Å²) in [5, 5.41) is 3.04. The standard InChI is InChI=1S/C22H26N2O2/c1-17-5-3-6-19(15-17)9-10-22(25)23-18(2)20-7-4-8-21(16-20)24-11-13-26-14-12-24/h3-10,15-16,18H,11-14H2,1-2H3,(H,23,25)/t18-/m0/s1. The molecule has 1 aliphatic heterocycles. The minimum Gasteiger partial charge on any atom is -0.378 e. The molecule has 2 aromatic carbocycles. The van der Waals surface area contributed by atoms with Crippen LogP contribution in [0.4, 0.5) is 5.69 Å². The number of amides is 1. The lowest BCUT2D eigenvalue weighted by molar-refractivity contribution is -0.117. The quantitative estimate of drug-likeness (QED) is 0.836. The topological polar surface area (TPSA) is 41.6 Å². The molecule has 0 radical (unpaired) electrons. The maximum absolute atomic E-state index is 12.2. The van der Waals surface area contributed by atoms with Crippen molar-refractivity contribution in [3.63, 3.8) is 0 Å². The average Bonchev–Trinajstić information content (AvgIpc) is 2.67. The van der Waals surface area contributed by atoms with Gasteiger partial charge in [-0.15, -0.1) is 0 Å². The number of anilines is 1. The Morgan fingerprint density at radius 3 is 2.69 bits per heavy atom. The van der Waals surface area contributed by atoms with E-state index >= 15 is 0 Å². The molecule has 26 heavy (non-hydrogen) atoms. The smallest absolute Gasteiger partial charge is 0.244 e. The Labute approximate surface area is 155 Å². The number of benzene rings is 2. The summed E-state index contributed by atoms with van der Waals surface area (Å²) in [6, 6.07) is 16.4. The number of nitrogens with zero attached hydrogens (tertiary/aromatic N) is 1. The van der Waals surface area contributed by atoms with E-state index in [0.717, 1.165) is 37.4 Å². The second-order valence-corrected chi connectivity index (χ2v) is 6.67. The summed E-state index contributed by atoms with van der Waals surface area (Å²) >= 11 is 0. The highest BCUT2D eigenvalue weighted by atomic mass is 16.5. The minimum atomic E-state index is -0.0872. The van der Waals surface area contributed by atoms with Crippen LogP contribution in [-0.2, 0) is 9.53 Å². The molecule has 1 saturated heterocycles. The number of morpholine rings is 1. The lowest BCUT2D eigenvalue weighted by Gasteiger charge is -2.29. The summed E-state index contributed by atoms with van der Waals surface area (Å²) < 4.78 is 5.42. The van der Waals surface area contributed by atoms with Crippen molar-refractivity contribution in [1.82, 2.24) is 5.32 Å². The van der Waals surface area contributed by atoms with Crippen LogP contribution in [0.1, 0.15) is 29.7 Å². The number of ether oxygens (including phenoxy) is 1. The van der Waals surface area contributed by atoms with Gasteiger partial charge in [-0.25, -0.2) is 0 Å². The van der Waals surface area contributed by atoms with Gasteiger partial charge in [-0.05, 0) is 43.2 Å². The van der Waals surface area contributed by atoms with Gasteiger partial charge in [0.15, 0.2) is 0 Å². The molecule has 4 nitrogen and oxygen atoms in total. The fourth-order valence-electron chi connectivity index (χ4n) is 3.10. The van der Waals surface area contributed by atoms with Crippen LogP contribution in [0.3, 0.4) is 0 Å². The van der Waals surface area contributed by atoms with E-state index in [-0.39, 0.29) is 11.9 Å². The molecule has 0 saturated carbocycles. The monoisotopic (exact) mass is 350 g/mol. The first-order chi connectivity index (χ1) is 12.6. The largest absolute Gasteiger partial charge is 0.378 e. The lowest BCUT2D eigenvalue weighted by atomic mass is 10.1. The van der Waals surface area contributed by atoms with Crippen molar-refractivity contribution >= 4 is 17.7 Å². The van der Waals surface area contributed by atoms with Gasteiger partial charge in [0.25, 0.3) is 0 Å². The molecule has 1 fully saturated rings.